The molecule has 24 heavy (non-hydrogen) atoms. The molecule has 1 heterocycles. The lowest BCUT2D eigenvalue weighted by Gasteiger charge is -2.08. The van der Waals surface area contributed by atoms with Crippen molar-refractivity contribution in [2.75, 3.05) is 11.9 Å². The van der Waals surface area contributed by atoms with Gasteiger partial charge in [0, 0.05) is 6.20 Å². The number of carbonyl (C=O) groups excluding carboxylic acids is 1. The van der Waals surface area contributed by atoms with Crippen LogP contribution in [0.25, 0.3) is 16.6 Å². The zero-order valence-electron chi connectivity index (χ0n) is 13.3. The first kappa shape index (κ1) is 15.7. The highest BCUT2D eigenvalue weighted by Crippen LogP contribution is 2.17. The molecule has 1 aromatic heterocycles. The van der Waals surface area contributed by atoms with E-state index in [1.807, 2.05) is 54.6 Å². The highest BCUT2D eigenvalue weighted by molar-refractivity contribution is 6.16. The molecule has 0 bridgehead atoms. The molecule has 0 saturated carbocycles. The molecule has 3 rings (SSSR count). The lowest BCUT2D eigenvalue weighted by Crippen LogP contribution is -2.09. The first-order valence-corrected chi connectivity index (χ1v) is 7.69. The van der Waals surface area contributed by atoms with E-state index in [9.17, 15) is 4.79 Å². The molecule has 0 aliphatic rings. The van der Waals surface area contributed by atoms with Crippen molar-refractivity contribution < 1.29 is 9.53 Å². The third-order valence-electron chi connectivity index (χ3n) is 3.39. The predicted octanol–water partition coefficient (Wildman–Crippen LogP) is 3.65. The van der Waals surface area contributed by atoms with Crippen molar-refractivity contribution >= 4 is 28.4 Å². The maximum absolute atomic E-state index is 12.2. The number of nitrogens with zero attached hydrogens (tertiary/aromatic N) is 2. The van der Waals surface area contributed by atoms with E-state index in [0.717, 1.165) is 16.6 Å². The van der Waals surface area contributed by atoms with Gasteiger partial charge in [0.15, 0.2) is 0 Å². The normalized spacial score (nSPS) is 11.3. The molecule has 2 aromatic carbocycles. The summed E-state index contributed by atoms with van der Waals surface area (Å²) in [7, 11) is 0. The van der Waals surface area contributed by atoms with E-state index in [4.69, 9.17) is 4.74 Å². The van der Waals surface area contributed by atoms with E-state index in [-0.39, 0.29) is 5.97 Å². The van der Waals surface area contributed by atoms with Gasteiger partial charge in [0.05, 0.1) is 29.4 Å². The predicted molar refractivity (Wildman–Crippen MR) is 94.2 cm³/mol. The number of esters is 1. The first-order chi connectivity index (χ1) is 11.8. The maximum Gasteiger partial charge on any atom is 0.340 e. The molecule has 120 valence electrons. The monoisotopic (exact) mass is 319 g/mol. The molecule has 0 radical (unpaired) electrons. The fourth-order valence-corrected chi connectivity index (χ4v) is 2.26. The van der Waals surface area contributed by atoms with Gasteiger partial charge in [-0.15, -0.1) is 0 Å². The molecular formula is C19H17N3O2. The van der Waals surface area contributed by atoms with E-state index in [2.05, 4.69) is 15.3 Å². The number of para-hydroxylation sites is 2. The second kappa shape index (κ2) is 7.37. The molecule has 0 atom stereocenters. The minimum atomic E-state index is -0.384. The Hall–Kier alpha value is -3.21. The molecule has 5 nitrogen and oxygen atoms in total. The summed E-state index contributed by atoms with van der Waals surface area (Å²) in [4.78, 5) is 21.0. The van der Waals surface area contributed by atoms with Crippen LogP contribution in [0.1, 0.15) is 12.5 Å². The smallest absolute Gasteiger partial charge is 0.340 e. The molecule has 0 fully saturated rings. The van der Waals surface area contributed by atoms with Gasteiger partial charge in [-0.25, -0.2) is 9.78 Å². The zero-order chi connectivity index (χ0) is 16.8. The van der Waals surface area contributed by atoms with Gasteiger partial charge in [0.1, 0.15) is 5.82 Å². The summed E-state index contributed by atoms with van der Waals surface area (Å²) in [6.07, 6.45) is 3.23. The van der Waals surface area contributed by atoms with Crippen LogP contribution in [0.4, 0.5) is 5.82 Å². The summed E-state index contributed by atoms with van der Waals surface area (Å²) in [5.74, 6) is 0.177. The Balaban J connectivity index is 1.90. The molecule has 0 unspecified atom stereocenters. The minimum absolute atomic E-state index is 0.318. The van der Waals surface area contributed by atoms with E-state index in [1.165, 1.54) is 0 Å². The lowest BCUT2D eigenvalue weighted by molar-refractivity contribution is -0.136. The number of aromatic nitrogens is 2. The highest BCUT2D eigenvalue weighted by atomic mass is 16.5. The number of hydrogen-bond donors (Lipinski definition) is 1. The van der Waals surface area contributed by atoms with Crippen molar-refractivity contribution in [1.82, 2.24) is 9.97 Å². The molecule has 1 N–H and O–H groups in total. The molecule has 0 amide bonds. The van der Waals surface area contributed by atoms with Crippen LogP contribution < -0.4 is 5.32 Å². The van der Waals surface area contributed by atoms with Crippen molar-refractivity contribution in [3.8, 4) is 0 Å². The van der Waals surface area contributed by atoms with E-state index in [1.54, 1.807) is 19.3 Å². The van der Waals surface area contributed by atoms with Crippen LogP contribution in [0.15, 0.2) is 67.0 Å². The Labute approximate surface area is 140 Å². The zero-order valence-corrected chi connectivity index (χ0v) is 13.3. The Bertz CT molecular complexity index is 876. The topological polar surface area (TPSA) is 64.1 Å². The van der Waals surface area contributed by atoms with Crippen molar-refractivity contribution in [3.05, 3.63) is 72.6 Å². The standard InChI is InChI=1S/C19H17N3O2/c1-2-24-19(23)15(14-8-4-3-5-9-14)12-21-18-13-20-16-10-6-7-11-17(16)22-18/h3-13H,2H2,1H3,(H,21,22). The van der Waals surface area contributed by atoms with Gasteiger partial charge >= 0.3 is 5.97 Å². The quantitative estimate of drug-likeness (QED) is 0.574. The van der Waals surface area contributed by atoms with Crippen molar-refractivity contribution in [1.29, 1.82) is 0 Å². The number of hydrogen-bond acceptors (Lipinski definition) is 5. The Morgan fingerprint density at radius 2 is 1.79 bits per heavy atom. The van der Waals surface area contributed by atoms with Gasteiger partial charge in [0.25, 0.3) is 0 Å². The molecule has 0 spiro atoms. The third kappa shape index (κ3) is 3.57. The summed E-state index contributed by atoms with van der Waals surface area (Å²) in [5.41, 5.74) is 2.82. The average molecular weight is 319 g/mol. The highest BCUT2D eigenvalue weighted by Gasteiger charge is 2.13. The van der Waals surface area contributed by atoms with E-state index < -0.39 is 0 Å². The Kier molecular flexibility index (Phi) is 4.81. The first-order valence-electron chi connectivity index (χ1n) is 7.69. The van der Waals surface area contributed by atoms with Gasteiger partial charge in [0.2, 0.25) is 0 Å². The van der Waals surface area contributed by atoms with Gasteiger partial charge < -0.3 is 10.1 Å². The summed E-state index contributed by atoms with van der Waals surface area (Å²) < 4.78 is 5.13. The SMILES string of the molecule is CCOC(=O)C(=CNc1cnc2ccccc2n1)c1ccccc1. The molecule has 0 saturated heterocycles. The van der Waals surface area contributed by atoms with Crippen LogP contribution in [0, 0.1) is 0 Å². The Morgan fingerprint density at radius 3 is 2.54 bits per heavy atom. The molecular weight excluding hydrogens is 302 g/mol. The number of carbonyl (C=O) groups is 1. The Morgan fingerprint density at radius 1 is 1.08 bits per heavy atom. The largest absolute Gasteiger partial charge is 0.462 e. The summed E-state index contributed by atoms with van der Waals surface area (Å²) in [6, 6.07) is 17.0. The number of anilines is 1. The van der Waals surface area contributed by atoms with Gasteiger partial charge in [-0.05, 0) is 24.6 Å². The lowest BCUT2D eigenvalue weighted by atomic mass is 10.1. The number of rotatable bonds is 5. The third-order valence-corrected chi connectivity index (χ3v) is 3.39. The van der Waals surface area contributed by atoms with Crippen LogP contribution in [0.3, 0.4) is 0 Å². The van der Waals surface area contributed by atoms with Crippen LogP contribution in [0.5, 0.6) is 0 Å². The van der Waals surface area contributed by atoms with E-state index in [0.29, 0.717) is 18.0 Å². The van der Waals surface area contributed by atoms with Crippen molar-refractivity contribution in [2.45, 2.75) is 6.92 Å². The molecule has 0 aliphatic heterocycles. The summed E-state index contributed by atoms with van der Waals surface area (Å²) in [5, 5.41) is 3.04. The molecule has 5 heteroatoms. The second-order valence-electron chi connectivity index (χ2n) is 5.03. The number of fused-ring (bicyclic) bond motifs is 1. The van der Waals surface area contributed by atoms with Gasteiger partial charge in [-0.3, -0.25) is 4.98 Å². The van der Waals surface area contributed by atoms with Crippen LogP contribution in [0.2, 0.25) is 0 Å². The van der Waals surface area contributed by atoms with Crippen LogP contribution in [-0.2, 0) is 9.53 Å². The van der Waals surface area contributed by atoms with Gasteiger partial charge in [-0.2, -0.15) is 0 Å². The van der Waals surface area contributed by atoms with Crippen molar-refractivity contribution in [3.63, 3.8) is 0 Å². The summed E-state index contributed by atoms with van der Waals surface area (Å²) >= 11 is 0. The molecule has 3 aromatic rings. The number of nitrogens with one attached hydrogen (secondary N) is 1. The average Bonchev–Trinajstić information content (AvgIpc) is 2.63. The number of benzene rings is 2. The summed E-state index contributed by atoms with van der Waals surface area (Å²) in [6.45, 7) is 2.10. The van der Waals surface area contributed by atoms with Crippen LogP contribution in [-0.4, -0.2) is 22.5 Å². The van der Waals surface area contributed by atoms with Crippen molar-refractivity contribution in [2.24, 2.45) is 0 Å². The minimum Gasteiger partial charge on any atom is -0.462 e. The fourth-order valence-electron chi connectivity index (χ4n) is 2.26. The van der Waals surface area contributed by atoms with Crippen LogP contribution >= 0.6 is 0 Å². The number of ether oxygens (including phenoxy) is 1. The second-order valence-corrected chi connectivity index (χ2v) is 5.03. The van der Waals surface area contributed by atoms with E-state index >= 15 is 0 Å². The molecule has 0 aliphatic carbocycles. The van der Waals surface area contributed by atoms with Gasteiger partial charge in [-0.1, -0.05) is 42.5 Å². The maximum atomic E-state index is 12.2. The fraction of sp³-hybridized carbons (Fsp3) is 0.105.